The van der Waals surface area contributed by atoms with E-state index in [2.05, 4.69) is 25.4 Å². The van der Waals surface area contributed by atoms with Crippen molar-refractivity contribution >= 4 is 34.3 Å². The van der Waals surface area contributed by atoms with E-state index in [1.165, 1.54) is 0 Å². The highest BCUT2D eigenvalue weighted by molar-refractivity contribution is 6.35. The lowest BCUT2D eigenvalue weighted by molar-refractivity contribution is 0.175. The Morgan fingerprint density at radius 3 is 2.86 bits per heavy atom. The van der Waals surface area contributed by atoms with Crippen LogP contribution in [0.3, 0.4) is 0 Å². The first kappa shape index (κ1) is 17.9. The molecular weight excluding hydrogens is 401 g/mol. The molecular formula is C18H17ClFN7O2. The molecule has 1 aliphatic rings. The number of fused-ring (bicyclic) bond motifs is 2. The molecule has 5 rings (SSSR count). The second kappa shape index (κ2) is 6.45. The summed E-state index contributed by atoms with van der Waals surface area (Å²) in [5, 5.41) is 8.73. The topological polar surface area (TPSA) is 95.8 Å². The van der Waals surface area contributed by atoms with Gasteiger partial charge in [0.1, 0.15) is 23.6 Å². The number of hydrogen-bond acceptors (Lipinski definition) is 7. The molecule has 11 heteroatoms. The van der Waals surface area contributed by atoms with Crippen molar-refractivity contribution in [2.45, 2.75) is 33.5 Å². The minimum absolute atomic E-state index is 0.0507. The molecule has 2 bridgehead atoms. The van der Waals surface area contributed by atoms with E-state index >= 15 is 0 Å². The summed E-state index contributed by atoms with van der Waals surface area (Å²) in [5.41, 5.74) is 2.44. The van der Waals surface area contributed by atoms with Crippen LogP contribution >= 0.6 is 11.6 Å². The van der Waals surface area contributed by atoms with E-state index in [-0.39, 0.29) is 19.0 Å². The summed E-state index contributed by atoms with van der Waals surface area (Å²) >= 11 is 6.24. The van der Waals surface area contributed by atoms with Crippen LogP contribution < -0.4 is 10.1 Å². The third kappa shape index (κ3) is 2.91. The van der Waals surface area contributed by atoms with Crippen molar-refractivity contribution in [2.24, 2.45) is 0 Å². The number of hydrogen-bond donors (Lipinski definition) is 1. The molecule has 0 aromatic carbocycles. The number of rotatable bonds is 1. The van der Waals surface area contributed by atoms with Crippen molar-refractivity contribution in [2.75, 3.05) is 11.9 Å². The predicted molar refractivity (Wildman–Crippen MR) is 104 cm³/mol. The maximum Gasteiger partial charge on any atom is 0.257 e. The van der Waals surface area contributed by atoms with Gasteiger partial charge in [0.2, 0.25) is 11.8 Å². The summed E-state index contributed by atoms with van der Waals surface area (Å²) in [7, 11) is 0. The summed E-state index contributed by atoms with van der Waals surface area (Å²) in [6.45, 7) is 5.29. The number of anilines is 2. The first-order valence-electron chi connectivity index (χ1n) is 9.00. The third-order valence-electron chi connectivity index (χ3n) is 4.76. The van der Waals surface area contributed by atoms with E-state index in [9.17, 15) is 4.39 Å². The van der Waals surface area contributed by atoms with Gasteiger partial charge in [-0.2, -0.15) is 9.67 Å². The highest BCUT2D eigenvalue weighted by atomic mass is 35.5. The van der Waals surface area contributed by atoms with Crippen LogP contribution in [0.25, 0.3) is 16.9 Å². The molecule has 4 aromatic heterocycles. The molecule has 0 spiro atoms. The Morgan fingerprint density at radius 1 is 1.28 bits per heavy atom. The maximum absolute atomic E-state index is 14.6. The molecule has 0 radical (unpaired) electrons. The Hall–Kier alpha value is -3.14. The molecule has 29 heavy (non-hydrogen) atoms. The highest BCUT2D eigenvalue weighted by Gasteiger charge is 2.24. The summed E-state index contributed by atoms with van der Waals surface area (Å²) in [6, 6.07) is 0. The van der Waals surface area contributed by atoms with Crippen molar-refractivity contribution in [1.29, 1.82) is 0 Å². The van der Waals surface area contributed by atoms with Crippen molar-refractivity contribution in [3.63, 3.8) is 0 Å². The second-order valence-corrected chi connectivity index (χ2v) is 7.30. The Kier molecular flexibility index (Phi) is 3.98. The van der Waals surface area contributed by atoms with Gasteiger partial charge in [-0.15, -0.1) is 5.10 Å². The summed E-state index contributed by atoms with van der Waals surface area (Å²) in [5.74, 6) is 1.54. The van der Waals surface area contributed by atoms with Crippen molar-refractivity contribution in [3.8, 4) is 11.8 Å². The average molecular weight is 418 g/mol. The van der Waals surface area contributed by atoms with E-state index in [0.29, 0.717) is 50.9 Å². The number of nitrogens with zero attached hydrogens (tertiary/aromatic N) is 6. The number of aryl methyl sites for hydroxylation is 2. The number of ether oxygens (including phenoxy) is 1. The van der Waals surface area contributed by atoms with Gasteiger partial charge in [0.25, 0.3) is 5.88 Å². The third-order valence-corrected chi connectivity index (χ3v) is 5.06. The van der Waals surface area contributed by atoms with Crippen molar-refractivity contribution in [3.05, 3.63) is 34.7 Å². The zero-order valence-corrected chi connectivity index (χ0v) is 16.7. The summed E-state index contributed by atoms with van der Waals surface area (Å²) < 4.78 is 29.3. The molecule has 0 fully saturated rings. The minimum Gasteiger partial charge on any atom is -0.472 e. The summed E-state index contributed by atoms with van der Waals surface area (Å²) in [4.78, 5) is 13.1. The van der Waals surface area contributed by atoms with Gasteiger partial charge in [-0.05, 0) is 13.8 Å². The first-order valence-corrected chi connectivity index (χ1v) is 9.38. The maximum atomic E-state index is 14.6. The lowest BCUT2D eigenvalue weighted by Gasteiger charge is -2.10. The van der Waals surface area contributed by atoms with Gasteiger partial charge >= 0.3 is 0 Å². The van der Waals surface area contributed by atoms with Crippen molar-refractivity contribution < 1.29 is 13.5 Å². The molecule has 0 saturated carbocycles. The molecule has 0 aliphatic carbocycles. The lowest BCUT2D eigenvalue weighted by Crippen LogP contribution is -2.19. The minimum atomic E-state index is -1.29. The quantitative estimate of drug-likeness (QED) is 0.505. The van der Waals surface area contributed by atoms with E-state index in [1.807, 2.05) is 13.8 Å². The molecule has 1 N–H and O–H groups in total. The fourth-order valence-corrected chi connectivity index (χ4v) is 3.66. The van der Waals surface area contributed by atoms with Crippen LogP contribution in [0.15, 0.2) is 16.8 Å². The number of alkyl halides is 1. The van der Waals surface area contributed by atoms with Gasteiger partial charge in [-0.1, -0.05) is 11.6 Å². The van der Waals surface area contributed by atoms with Gasteiger partial charge in [-0.3, -0.25) is 0 Å². The monoisotopic (exact) mass is 417 g/mol. The first-order chi connectivity index (χ1) is 13.9. The smallest absolute Gasteiger partial charge is 0.257 e. The van der Waals surface area contributed by atoms with E-state index in [0.717, 1.165) is 0 Å². The predicted octanol–water partition coefficient (Wildman–Crippen LogP) is 3.66. The average Bonchev–Trinajstić information content (AvgIpc) is 3.27. The molecule has 1 aliphatic heterocycles. The molecule has 150 valence electrons. The van der Waals surface area contributed by atoms with Gasteiger partial charge in [-0.25, -0.2) is 14.4 Å². The fraction of sp³-hybridized carbons (Fsp3) is 0.333. The van der Waals surface area contributed by atoms with Gasteiger partial charge in [0.15, 0.2) is 12.1 Å². The largest absolute Gasteiger partial charge is 0.472 e. The molecule has 0 amide bonds. The van der Waals surface area contributed by atoms with Crippen LogP contribution in [0.1, 0.15) is 17.3 Å². The molecule has 9 nitrogen and oxygen atoms in total. The van der Waals surface area contributed by atoms with Crippen LogP contribution in [0.4, 0.5) is 16.0 Å². The van der Waals surface area contributed by atoms with Gasteiger partial charge < -0.3 is 19.0 Å². The van der Waals surface area contributed by atoms with Crippen LogP contribution in [0, 0.1) is 20.8 Å². The normalized spacial score (nSPS) is 16.4. The van der Waals surface area contributed by atoms with Gasteiger partial charge in [0.05, 0.1) is 22.6 Å². The van der Waals surface area contributed by atoms with Crippen molar-refractivity contribution in [1.82, 2.24) is 29.3 Å². The molecule has 5 heterocycles. The zero-order chi connectivity index (χ0) is 20.3. The van der Waals surface area contributed by atoms with E-state index in [4.69, 9.17) is 20.8 Å². The Morgan fingerprint density at radius 2 is 2.10 bits per heavy atom. The zero-order valence-electron chi connectivity index (χ0n) is 15.9. The number of halogens is 2. The van der Waals surface area contributed by atoms with Crippen LogP contribution in [0.5, 0.6) is 5.88 Å². The second-order valence-electron chi connectivity index (χ2n) is 6.89. The Labute approximate surface area is 169 Å². The van der Waals surface area contributed by atoms with E-state index < -0.39 is 6.17 Å². The van der Waals surface area contributed by atoms with Crippen LogP contribution in [-0.2, 0) is 6.54 Å². The lowest BCUT2D eigenvalue weighted by atomic mass is 10.3. The highest BCUT2D eigenvalue weighted by Crippen LogP contribution is 2.34. The number of oxazole rings is 1. The number of aromatic nitrogens is 6. The molecule has 1 atom stereocenters. The standard InChI is InChI=1S/C18H17ClFN7O2/c1-8-17(29-10(3)22-8)27-9(2)14-16(25-27)28-7-11(20)5-26-6-13(19)12-4-21-18(23-14)24-15(12)26/h4,6,11H,5,7H2,1-3H3,(H,21,23,24)/t11-/m1/s1. The SMILES string of the molecule is Cc1nc(C)c(-n2nc3c(c2C)Nc2ncc4c(Cl)cn(c4n2)C[C@@H](F)CO3)o1. The fourth-order valence-electron chi connectivity index (χ4n) is 3.41. The molecule has 0 unspecified atom stereocenters. The summed E-state index contributed by atoms with van der Waals surface area (Å²) in [6.07, 6.45) is 1.97. The Balaban J connectivity index is 1.66. The molecule has 4 aromatic rings. The van der Waals surface area contributed by atoms with Gasteiger partial charge in [0, 0.05) is 19.3 Å². The number of nitrogens with one attached hydrogen (secondary N) is 1. The Bertz CT molecular complexity index is 1250. The molecule has 0 saturated heterocycles. The van der Waals surface area contributed by atoms with E-state index in [1.54, 1.807) is 28.6 Å². The van der Waals surface area contributed by atoms with Crippen LogP contribution in [0.2, 0.25) is 5.02 Å². The van der Waals surface area contributed by atoms with Crippen LogP contribution in [-0.4, -0.2) is 42.1 Å².